The summed E-state index contributed by atoms with van der Waals surface area (Å²) in [5.74, 6) is 0.571. The van der Waals surface area contributed by atoms with Crippen molar-refractivity contribution >= 4 is 23.2 Å². The maximum absolute atomic E-state index is 13.5. The van der Waals surface area contributed by atoms with Crippen molar-refractivity contribution in [1.82, 2.24) is 14.7 Å². The molecule has 2 aliphatic rings. The van der Waals surface area contributed by atoms with Gasteiger partial charge in [0.1, 0.15) is 0 Å². The van der Waals surface area contributed by atoms with Crippen molar-refractivity contribution in [3.63, 3.8) is 0 Å². The number of rotatable bonds is 8. The summed E-state index contributed by atoms with van der Waals surface area (Å²) in [6.45, 7) is 11.7. The fourth-order valence-electron chi connectivity index (χ4n) is 5.65. The van der Waals surface area contributed by atoms with Crippen LogP contribution in [-0.2, 0) is 16.0 Å². The zero-order valence-corrected chi connectivity index (χ0v) is 22.7. The molecular formula is C29H41N3O2S. The molecule has 190 valence electrons. The maximum atomic E-state index is 13.5. The summed E-state index contributed by atoms with van der Waals surface area (Å²) < 4.78 is 0. The monoisotopic (exact) mass is 495 g/mol. The standard InChI is InChI=1S/C29H41N3O2S/c1-5-7-8-23(6-2)29(34)32-17-16-30(19-22(32)4)27(33)20-31-15-13-26-25(14-18-35-26)28(31)24-11-9-21(3)10-12-24/h9-12,14,18,22-23,28H,5-8,13,15-17,19-20H2,1-4H3/t22-,23+,28-/m1/s1. The van der Waals surface area contributed by atoms with Gasteiger partial charge in [-0.3, -0.25) is 14.5 Å². The Hall–Kier alpha value is -2.18. The van der Waals surface area contributed by atoms with Gasteiger partial charge in [-0.05, 0) is 55.7 Å². The van der Waals surface area contributed by atoms with E-state index in [-0.39, 0.29) is 29.8 Å². The molecule has 3 heterocycles. The van der Waals surface area contributed by atoms with Gasteiger partial charge in [-0.15, -0.1) is 11.3 Å². The molecule has 0 unspecified atom stereocenters. The Morgan fingerprint density at radius 2 is 1.86 bits per heavy atom. The van der Waals surface area contributed by atoms with Crippen molar-refractivity contribution in [3.05, 3.63) is 57.3 Å². The first-order valence-electron chi connectivity index (χ1n) is 13.4. The molecule has 0 radical (unpaired) electrons. The molecule has 1 saturated heterocycles. The lowest BCUT2D eigenvalue weighted by molar-refractivity contribution is -0.146. The third-order valence-electron chi connectivity index (χ3n) is 7.81. The second-order valence-corrected chi connectivity index (χ2v) is 11.3. The highest BCUT2D eigenvalue weighted by Gasteiger charge is 2.35. The third-order valence-corrected chi connectivity index (χ3v) is 8.81. The number of hydrogen-bond donors (Lipinski definition) is 0. The van der Waals surface area contributed by atoms with Gasteiger partial charge in [0.25, 0.3) is 0 Å². The van der Waals surface area contributed by atoms with E-state index < -0.39 is 0 Å². The van der Waals surface area contributed by atoms with E-state index in [0.717, 1.165) is 38.6 Å². The second-order valence-electron chi connectivity index (χ2n) is 10.3. The molecule has 5 nitrogen and oxygen atoms in total. The number of thiophene rings is 1. The van der Waals surface area contributed by atoms with Crippen molar-refractivity contribution in [2.75, 3.05) is 32.7 Å². The van der Waals surface area contributed by atoms with E-state index in [1.165, 1.54) is 21.6 Å². The fraction of sp³-hybridized carbons (Fsp3) is 0.586. The Morgan fingerprint density at radius 3 is 2.54 bits per heavy atom. The van der Waals surface area contributed by atoms with Gasteiger partial charge >= 0.3 is 0 Å². The molecule has 0 spiro atoms. The molecule has 2 amide bonds. The van der Waals surface area contributed by atoms with Crippen LogP contribution >= 0.6 is 11.3 Å². The topological polar surface area (TPSA) is 43.9 Å². The average Bonchev–Trinajstić information content (AvgIpc) is 3.34. The Kier molecular flexibility index (Phi) is 8.66. The van der Waals surface area contributed by atoms with E-state index in [2.05, 4.69) is 68.3 Å². The van der Waals surface area contributed by atoms with E-state index >= 15 is 0 Å². The second kappa shape index (κ2) is 11.7. The Balaban J connectivity index is 1.42. The van der Waals surface area contributed by atoms with E-state index in [0.29, 0.717) is 26.2 Å². The summed E-state index contributed by atoms with van der Waals surface area (Å²) in [6.07, 6.45) is 5.08. The fourth-order valence-corrected chi connectivity index (χ4v) is 6.55. The molecule has 0 aliphatic carbocycles. The van der Waals surface area contributed by atoms with Crippen molar-refractivity contribution in [2.45, 2.75) is 71.9 Å². The van der Waals surface area contributed by atoms with Crippen LogP contribution in [0.2, 0.25) is 0 Å². The minimum Gasteiger partial charge on any atom is -0.338 e. The number of piperazine rings is 1. The lowest BCUT2D eigenvalue weighted by Gasteiger charge is -2.42. The predicted octanol–water partition coefficient (Wildman–Crippen LogP) is 5.28. The van der Waals surface area contributed by atoms with Crippen LogP contribution in [-0.4, -0.2) is 65.3 Å². The number of carbonyl (C=O) groups excluding carboxylic acids is 2. The Morgan fingerprint density at radius 1 is 1.09 bits per heavy atom. The van der Waals surface area contributed by atoms with Crippen LogP contribution in [0.3, 0.4) is 0 Å². The van der Waals surface area contributed by atoms with Gasteiger partial charge in [-0.1, -0.05) is 56.5 Å². The van der Waals surface area contributed by atoms with Gasteiger partial charge in [0, 0.05) is 43.0 Å². The smallest absolute Gasteiger partial charge is 0.236 e. The number of carbonyl (C=O) groups is 2. The molecule has 1 aromatic carbocycles. The highest BCUT2D eigenvalue weighted by molar-refractivity contribution is 7.10. The third kappa shape index (κ3) is 5.80. The van der Waals surface area contributed by atoms with Gasteiger partial charge in [-0.2, -0.15) is 0 Å². The Labute approximate surface area is 215 Å². The van der Waals surface area contributed by atoms with Crippen LogP contribution in [0.5, 0.6) is 0 Å². The van der Waals surface area contributed by atoms with Crippen LogP contribution in [0.25, 0.3) is 0 Å². The molecule has 2 aromatic rings. The minimum absolute atomic E-state index is 0.0635. The van der Waals surface area contributed by atoms with E-state index in [1.807, 2.05) is 21.1 Å². The van der Waals surface area contributed by atoms with E-state index in [4.69, 9.17) is 0 Å². The first-order valence-corrected chi connectivity index (χ1v) is 14.3. The highest BCUT2D eigenvalue weighted by atomic mass is 32.1. The molecule has 0 bridgehead atoms. The SMILES string of the molecule is CCCC[C@H](CC)C(=O)N1CCN(C(=O)CN2CCc3sccc3[C@H]2c2ccc(C)cc2)C[C@H]1C. The Bertz CT molecular complexity index is 1000. The van der Waals surface area contributed by atoms with Crippen LogP contribution in [0.15, 0.2) is 35.7 Å². The molecule has 2 aliphatic heterocycles. The molecule has 0 N–H and O–H groups in total. The average molecular weight is 496 g/mol. The molecule has 35 heavy (non-hydrogen) atoms. The number of fused-ring (bicyclic) bond motifs is 1. The summed E-state index contributed by atoms with van der Waals surface area (Å²) in [4.78, 5) is 34.5. The first-order chi connectivity index (χ1) is 16.9. The number of nitrogens with zero attached hydrogens (tertiary/aromatic N) is 3. The van der Waals surface area contributed by atoms with Crippen molar-refractivity contribution in [2.24, 2.45) is 5.92 Å². The normalized spacial score (nSPS) is 21.6. The van der Waals surface area contributed by atoms with Crippen molar-refractivity contribution in [1.29, 1.82) is 0 Å². The molecular weight excluding hydrogens is 454 g/mol. The summed E-state index contributed by atoms with van der Waals surface area (Å²) in [5, 5.41) is 2.18. The number of amides is 2. The number of unbranched alkanes of at least 4 members (excludes halogenated alkanes) is 1. The largest absolute Gasteiger partial charge is 0.338 e. The van der Waals surface area contributed by atoms with Gasteiger partial charge in [-0.25, -0.2) is 0 Å². The lowest BCUT2D eigenvalue weighted by Crippen LogP contribution is -2.58. The predicted molar refractivity (Wildman–Crippen MR) is 144 cm³/mol. The van der Waals surface area contributed by atoms with E-state index in [9.17, 15) is 9.59 Å². The first kappa shape index (κ1) is 25.9. The number of benzene rings is 1. The van der Waals surface area contributed by atoms with Crippen LogP contribution in [0, 0.1) is 12.8 Å². The summed E-state index contributed by atoms with van der Waals surface area (Å²) in [6, 6.07) is 11.2. The number of aryl methyl sites for hydroxylation is 1. The van der Waals surface area contributed by atoms with Crippen LogP contribution in [0.1, 0.15) is 74.1 Å². The zero-order chi connectivity index (χ0) is 24.9. The molecule has 1 aromatic heterocycles. The van der Waals surface area contributed by atoms with Crippen LogP contribution in [0.4, 0.5) is 0 Å². The molecule has 3 atom stereocenters. The quantitative estimate of drug-likeness (QED) is 0.500. The molecule has 4 rings (SSSR count). The molecule has 0 saturated carbocycles. The summed E-state index contributed by atoms with van der Waals surface area (Å²) in [5.41, 5.74) is 3.85. The van der Waals surface area contributed by atoms with Crippen molar-refractivity contribution < 1.29 is 9.59 Å². The zero-order valence-electron chi connectivity index (χ0n) is 21.8. The lowest BCUT2D eigenvalue weighted by atomic mass is 9.92. The molecule has 1 fully saturated rings. The maximum Gasteiger partial charge on any atom is 0.236 e. The van der Waals surface area contributed by atoms with E-state index in [1.54, 1.807) is 0 Å². The van der Waals surface area contributed by atoms with Gasteiger partial charge < -0.3 is 9.80 Å². The highest BCUT2D eigenvalue weighted by Crippen LogP contribution is 2.37. The summed E-state index contributed by atoms with van der Waals surface area (Å²) in [7, 11) is 0. The van der Waals surface area contributed by atoms with Gasteiger partial charge in [0.15, 0.2) is 0 Å². The molecule has 6 heteroatoms. The summed E-state index contributed by atoms with van der Waals surface area (Å²) >= 11 is 1.83. The van der Waals surface area contributed by atoms with Crippen molar-refractivity contribution in [3.8, 4) is 0 Å². The van der Waals surface area contributed by atoms with Gasteiger partial charge in [0.05, 0.1) is 12.6 Å². The minimum atomic E-state index is 0.0635. The van der Waals surface area contributed by atoms with Crippen LogP contribution < -0.4 is 0 Å². The number of hydrogen-bond acceptors (Lipinski definition) is 4. The van der Waals surface area contributed by atoms with Gasteiger partial charge in [0.2, 0.25) is 11.8 Å².